The van der Waals surface area contributed by atoms with Crippen LogP contribution in [0.1, 0.15) is 58.4 Å². The van der Waals surface area contributed by atoms with Gasteiger partial charge in [0.25, 0.3) is 5.91 Å². The Morgan fingerprint density at radius 3 is 2.45 bits per heavy atom. The Kier molecular flexibility index (Phi) is 5.99. The number of hydrogen-bond donors (Lipinski definition) is 1. The second-order valence-electron chi connectivity index (χ2n) is 9.27. The number of carbonyl (C=O) groups is 2. The van der Waals surface area contributed by atoms with Gasteiger partial charge in [-0.25, -0.2) is 18.5 Å². The molecule has 1 heterocycles. The third kappa shape index (κ3) is 4.29. The fourth-order valence-corrected chi connectivity index (χ4v) is 4.57. The van der Waals surface area contributed by atoms with E-state index in [1.54, 1.807) is 11.9 Å². The molecule has 0 aromatic heterocycles. The highest BCUT2D eigenvalue weighted by atomic mass is 19.2. The van der Waals surface area contributed by atoms with Crippen LogP contribution in [0.5, 0.6) is 0 Å². The van der Waals surface area contributed by atoms with Gasteiger partial charge in [-0.15, -0.1) is 0 Å². The van der Waals surface area contributed by atoms with E-state index >= 15 is 0 Å². The van der Waals surface area contributed by atoms with Crippen LogP contribution < -0.4 is 5.32 Å². The van der Waals surface area contributed by atoms with E-state index in [1.165, 1.54) is 11.0 Å². The summed E-state index contributed by atoms with van der Waals surface area (Å²) in [5, 5.41) is 2.95. The van der Waals surface area contributed by atoms with Crippen molar-refractivity contribution in [3.8, 4) is 0 Å². The topological polar surface area (TPSA) is 52.7 Å². The highest BCUT2D eigenvalue weighted by Crippen LogP contribution is 2.45. The highest BCUT2D eigenvalue weighted by Gasteiger charge is 2.53. The van der Waals surface area contributed by atoms with E-state index in [0.717, 1.165) is 31.4 Å². The number of rotatable bonds is 6. The predicted molar refractivity (Wildman–Crippen MR) is 107 cm³/mol. The molecule has 7 heteroatoms. The highest BCUT2D eigenvalue weighted by molar-refractivity contribution is 6.07. The molecule has 0 radical (unpaired) electrons. The Balaban J connectivity index is 1.62. The van der Waals surface area contributed by atoms with Crippen LogP contribution in [0.25, 0.3) is 0 Å². The number of urea groups is 1. The molecule has 5 nitrogen and oxygen atoms in total. The van der Waals surface area contributed by atoms with Gasteiger partial charge in [0.05, 0.1) is 6.67 Å². The lowest BCUT2D eigenvalue weighted by atomic mass is 9.65. The molecule has 1 aromatic carbocycles. The van der Waals surface area contributed by atoms with Crippen molar-refractivity contribution < 1.29 is 18.4 Å². The lowest BCUT2D eigenvalue weighted by Gasteiger charge is -2.42. The largest absolute Gasteiger partial charge is 0.326 e. The SMILES string of the molecule is CCC(C)(C)C1CCC2(CC1)NC(=O)N(CN(C)Cc1ccc(F)c(F)c1)C2=O. The van der Waals surface area contributed by atoms with Gasteiger partial charge in [0, 0.05) is 6.54 Å². The molecule has 1 N–H and O–H groups in total. The molecule has 3 rings (SSSR count). The molecule has 0 unspecified atom stereocenters. The van der Waals surface area contributed by atoms with Crippen molar-refractivity contribution >= 4 is 11.9 Å². The van der Waals surface area contributed by atoms with Crippen molar-refractivity contribution in [3.63, 3.8) is 0 Å². The molecular weight excluding hydrogens is 376 g/mol. The number of halogens is 2. The van der Waals surface area contributed by atoms with Crippen LogP contribution in [0.2, 0.25) is 0 Å². The van der Waals surface area contributed by atoms with Gasteiger partial charge in [0.15, 0.2) is 11.6 Å². The van der Waals surface area contributed by atoms with E-state index in [4.69, 9.17) is 0 Å². The first-order valence-electron chi connectivity index (χ1n) is 10.3. The normalized spacial score (nSPS) is 25.2. The Bertz CT molecular complexity index is 788. The maximum Gasteiger partial charge on any atom is 0.326 e. The lowest BCUT2D eigenvalue weighted by molar-refractivity contribution is -0.134. The maximum absolute atomic E-state index is 13.4. The fraction of sp³-hybridized carbons (Fsp3) is 0.636. The van der Waals surface area contributed by atoms with E-state index in [2.05, 4.69) is 26.1 Å². The molecule has 1 aliphatic carbocycles. The lowest BCUT2D eigenvalue weighted by Crippen LogP contribution is -2.51. The molecule has 2 fully saturated rings. The molecule has 1 spiro atoms. The zero-order valence-corrected chi connectivity index (χ0v) is 17.7. The summed E-state index contributed by atoms with van der Waals surface area (Å²) in [4.78, 5) is 28.6. The zero-order chi connectivity index (χ0) is 21.4. The number of carbonyl (C=O) groups excluding carboxylic acids is 2. The van der Waals surface area contributed by atoms with Crippen LogP contribution in [0.4, 0.5) is 13.6 Å². The summed E-state index contributed by atoms with van der Waals surface area (Å²) in [5.41, 5.74) is 0.0214. The molecular formula is C22H31F2N3O2. The number of imide groups is 1. The van der Waals surface area contributed by atoms with Crippen molar-refractivity contribution in [3.05, 3.63) is 35.4 Å². The molecule has 29 heavy (non-hydrogen) atoms. The van der Waals surface area contributed by atoms with Gasteiger partial charge in [-0.2, -0.15) is 0 Å². The van der Waals surface area contributed by atoms with E-state index in [-0.39, 0.29) is 24.0 Å². The summed E-state index contributed by atoms with van der Waals surface area (Å²) in [6.07, 6.45) is 4.26. The number of nitrogens with one attached hydrogen (secondary N) is 1. The second kappa shape index (κ2) is 8.01. The Hall–Kier alpha value is -2.02. The summed E-state index contributed by atoms with van der Waals surface area (Å²) < 4.78 is 26.5. The van der Waals surface area contributed by atoms with Crippen molar-refractivity contribution in [2.24, 2.45) is 11.3 Å². The summed E-state index contributed by atoms with van der Waals surface area (Å²) in [6, 6.07) is 3.34. The molecule has 2 aliphatic rings. The van der Waals surface area contributed by atoms with Crippen LogP contribution in [0.15, 0.2) is 18.2 Å². The minimum atomic E-state index is -0.906. The summed E-state index contributed by atoms with van der Waals surface area (Å²) >= 11 is 0. The summed E-state index contributed by atoms with van der Waals surface area (Å²) in [6.45, 7) is 7.13. The van der Waals surface area contributed by atoms with Gasteiger partial charge >= 0.3 is 6.03 Å². The van der Waals surface area contributed by atoms with Gasteiger partial charge in [-0.1, -0.05) is 33.3 Å². The third-order valence-electron chi connectivity index (χ3n) is 6.92. The van der Waals surface area contributed by atoms with Crippen LogP contribution in [-0.2, 0) is 11.3 Å². The average Bonchev–Trinajstić information content (AvgIpc) is 2.89. The molecule has 1 saturated carbocycles. The second-order valence-corrected chi connectivity index (χ2v) is 9.27. The predicted octanol–water partition coefficient (Wildman–Crippen LogP) is 4.27. The van der Waals surface area contributed by atoms with E-state index in [9.17, 15) is 18.4 Å². The first kappa shape index (κ1) is 21.7. The Labute approximate surface area is 171 Å². The van der Waals surface area contributed by atoms with E-state index in [1.807, 2.05) is 0 Å². The number of amides is 3. The smallest absolute Gasteiger partial charge is 0.323 e. The molecule has 1 aliphatic heterocycles. The molecule has 1 aromatic rings. The first-order chi connectivity index (χ1) is 13.6. The van der Waals surface area contributed by atoms with Crippen molar-refractivity contribution in [2.75, 3.05) is 13.7 Å². The first-order valence-corrected chi connectivity index (χ1v) is 10.3. The third-order valence-corrected chi connectivity index (χ3v) is 6.92. The fourth-order valence-electron chi connectivity index (χ4n) is 4.57. The molecule has 1 saturated heterocycles. The minimum absolute atomic E-state index is 0.106. The maximum atomic E-state index is 13.4. The zero-order valence-electron chi connectivity index (χ0n) is 17.7. The quantitative estimate of drug-likeness (QED) is 0.717. The Morgan fingerprint density at radius 1 is 1.21 bits per heavy atom. The van der Waals surface area contributed by atoms with Crippen molar-refractivity contribution in [1.82, 2.24) is 15.1 Å². The number of benzene rings is 1. The van der Waals surface area contributed by atoms with Crippen LogP contribution in [0, 0.1) is 23.0 Å². The number of nitrogens with zero attached hydrogens (tertiary/aromatic N) is 2. The Morgan fingerprint density at radius 2 is 1.86 bits per heavy atom. The van der Waals surface area contributed by atoms with E-state index < -0.39 is 17.2 Å². The van der Waals surface area contributed by atoms with Crippen LogP contribution in [0.3, 0.4) is 0 Å². The molecule has 0 bridgehead atoms. The van der Waals surface area contributed by atoms with Gasteiger partial charge in [0.1, 0.15) is 5.54 Å². The van der Waals surface area contributed by atoms with Crippen LogP contribution in [-0.4, -0.2) is 41.0 Å². The summed E-state index contributed by atoms with van der Waals surface area (Å²) in [5.74, 6) is -1.42. The standard InChI is InChI=1S/C22H31F2N3O2/c1-5-21(2,3)16-8-10-22(11-9-16)19(28)27(20(29)25-22)14-26(4)13-15-6-7-17(23)18(24)12-15/h6-7,12,16H,5,8-11,13-14H2,1-4H3,(H,25,29). The monoisotopic (exact) mass is 407 g/mol. The van der Waals surface area contributed by atoms with Crippen molar-refractivity contribution in [2.45, 2.75) is 65.0 Å². The van der Waals surface area contributed by atoms with E-state index in [0.29, 0.717) is 30.9 Å². The number of hydrogen-bond acceptors (Lipinski definition) is 3. The van der Waals surface area contributed by atoms with Gasteiger partial charge in [-0.3, -0.25) is 9.69 Å². The van der Waals surface area contributed by atoms with Gasteiger partial charge in [-0.05, 0) is 61.8 Å². The van der Waals surface area contributed by atoms with Gasteiger partial charge < -0.3 is 5.32 Å². The molecule has 3 amide bonds. The summed E-state index contributed by atoms with van der Waals surface area (Å²) in [7, 11) is 1.74. The minimum Gasteiger partial charge on any atom is -0.323 e. The molecule has 160 valence electrons. The average molecular weight is 408 g/mol. The molecule has 0 atom stereocenters. The van der Waals surface area contributed by atoms with Gasteiger partial charge in [0.2, 0.25) is 0 Å². The van der Waals surface area contributed by atoms with Crippen LogP contribution >= 0.6 is 0 Å². The van der Waals surface area contributed by atoms with Crippen molar-refractivity contribution in [1.29, 1.82) is 0 Å².